The van der Waals surface area contributed by atoms with Crippen LogP contribution in [0, 0.1) is 12.8 Å². The molecule has 0 fully saturated rings. The van der Waals surface area contributed by atoms with Gasteiger partial charge < -0.3 is 9.84 Å². The van der Waals surface area contributed by atoms with Crippen molar-refractivity contribution in [3.63, 3.8) is 0 Å². The van der Waals surface area contributed by atoms with E-state index in [1.54, 1.807) is 7.11 Å². The summed E-state index contributed by atoms with van der Waals surface area (Å²) in [5, 5.41) is 10.2. The average molecular weight is 236 g/mol. The number of methoxy groups -OCH3 is 1. The van der Waals surface area contributed by atoms with Crippen LogP contribution in [0.3, 0.4) is 0 Å². The number of benzene rings is 1. The van der Waals surface area contributed by atoms with Gasteiger partial charge in [-0.05, 0) is 36.5 Å². The molecule has 17 heavy (non-hydrogen) atoms. The second-order valence-corrected chi connectivity index (χ2v) is 4.87. The summed E-state index contributed by atoms with van der Waals surface area (Å²) in [4.78, 5) is 0. The molecule has 0 spiro atoms. The van der Waals surface area contributed by atoms with Crippen molar-refractivity contribution in [1.82, 2.24) is 0 Å². The summed E-state index contributed by atoms with van der Waals surface area (Å²) in [5.41, 5.74) is 2.06. The van der Waals surface area contributed by atoms with Crippen LogP contribution < -0.4 is 4.74 Å². The SMILES string of the molecule is CCCC(C)CC(O)c1ccc(C)c(OC)c1. The minimum absolute atomic E-state index is 0.383. The average Bonchev–Trinajstić information content (AvgIpc) is 2.29. The highest BCUT2D eigenvalue weighted by Crippen LogP contribution is 2.28. The normalized spacial score (nSPS) is 14.4. The molecule has 2 atom stereocenters. The van der Waals surface area contributed by atoms with Crippen LogP contribution in [-0.2, 0) is 0 Å². The second kappa shape index (κ2) is 6.65. The fourth-order valence-electron chi connectivity index (χ4n) is 2.17. The lowest BCUT2D eigenvalue weighted by molar-refractivity contribution is 0.145. The molecule has 96 valence electrons. The van der Waals surface area contributed by atoms with E-state index in [9.17, 15) is 5.11 Å². The topological polar surface area (TPSA) is 29.5 Å². The van der Waals surface area contributed by atoms with Crippen molar-refractivity contribution in [2.24, 2.45) is 5.92 Å². The Balaban J connectivity index is 2.71. The number of aliphatic hydroxyl groups is 1. The molecule has 0 radical (unpaired) electrons. The molecule has 0 aliphatic carbocycles. The molecule has 2 nitrogen and oxygen atoms in total. The fourth-order valence-corrected chi connectivity index (χ4v) is 2.17. The highest BCUT2D eigenvalue weighted by atomic mass is 16.5. The molecule has 1 rings (SSSR count). The van der Waals surface area contributed by atoms with Crippen molar-refractivity contribution in [2.75, 3.05) is 7.11 Å². The van der Waals surface area contributed by atoms with Crippen molar-refractivity contribution in [2.45, 2.75) is 46.1 Å². The fraction of sp³-hybridized carbons (Fsp3) is 0.600. The molecule has 0 heterocycles. The van der Waals surface area contributed by atoms with Gasteiger partial charge in [0.2, 0.25) is 0 Å². The van der Waals surface area contributed by atoms with E-state index in [2.05, 4.69) is 13.8 Å². The second-order valence-electron chi connectivity index (χ2n) is 4.87. The van der Waals surface area contributed by atoms with Gasteiger partial charge in [-0.2, -0.15) is 0 Å². The van der Waals surface area contributed by atoms with Crippen LogP contribution in [0.2, 0.25) is 0 Å². The zero-order valence-electron chi connectivity index (χ0n) is 11.4. The lowest BCUT2D eigenvalue weighted by Crippen LogP contribution is -2.05. The van der Waals surface area contributed by atoms with E-state index in [0.29, 0.717) is 5.92 Å². The molecule has 1 N–H and O–H groups in total. The van der Waals surface area contributed by atoms with Crippen LogP contribution in [0.5, 0.6) is 5.75 Å². The van der Waals surface area contributed by atoms with Crippen molar-refractivity contribution in [3.8, 4) is 5.75 Å². The maximum absolute atomic E-state index is 10.2. The quantitative estimate of drug-likeness (QED) is 0.812. The summed E-state index contributed by atoms with van der Waals surface area (Å²) < 4.78 is 5.28. The van der Waals surface area contributed by atoms with Crippen LogP contribution >= 0.6 is 0 Å². The smallest absolute Gasteiger partial charge is 0.122 e. The largest absolute Gasteiger partial charge is 0.496 e. The highest BCUT2D eigenvalue weighted by molar-refractivity contribution is 5.37. The lowest BCUT2D eigenvalue weighted by atomic mass is 9.94. The van der Waals surface area contributed by atoms with Crippen LogP contribution in [0.4, 0.5) is 0 Å². The molecule has 1 aromatic carbocycles. The maximum atomic E-state index is 10.2. The monoisotopic (exact) mass is 236 g/mol. The summed E-state index contributed by atoms with van der Waals surface area (Å²) in [6, 6.07) is 5.93. The summed E-state index contributed by atoms with van der Waals surface area (Å²) in [7, 11) is 1.66. The third kappa shape index (κ3) is 4.04. The van der Waals surface area contributed by atoms with Gasteiger partial charge in [-0.25, -0.2) is 0 Å². The van der Waals surface area contributed by atoms with Gasteiger partial charge in [0.25, 0.3) is 0 Å². The molecule has 0 aromatic heterocycles. The van der Waals surface area contributed by atoms with Gasteiger partial charge in [0, 0.05) is 0 Å². The third-order valence-electron chi connectivity index (χ3n) is 3.22. The van der Waals surface area contributed by atoms with E-state index in [-0.39, 0.29) is 6.10 Å². The zero-order chi connectivity index (χ0) is 12.8. The highest BCUT2D eigenvalue weighted by Gasteiger charge is 2.13. The Morgan fingerprint density at radius 2 is 2.06 bits per heavy atom. The molecular weight excluding hydrogens is 212 g/mol. The minimum atomic E-state index is -0.383. The zero-order valence-corrected chi connectivity index (χ0v) is 11.4. The van der Waals surface area contributed by atoms with Crippen LogP contribution in [-0.4, -0.2) is 12.2 Å². The predicted molar refractivity (Wildman–Crippen MR) is 71.4 cm³/mol. The summed E-state index contributed by atoms with van der Waals surface area (Å²) in [5.74, 6) is 1.41. The number of aliphatic hydroxyl groups excluding tert-OH is 1. The first kappa shape index (κ1) is 14.0. The Labute approximate surface area is 105 Å². The van der Waals surface area contributed by atoms with Gasteiger partial charge >= 0.3 is 0 Å². The Hall–Kier alpha value is -1.02. The van der Waals surface area contributed by atoms with E-state index in [4.69, 9.17) is 4.74 Å². The van der Waals surface area contributed by atoms with Gasteiger partial charge in [-0.3, -0.25) is 0 Å². The number of ether oxygens (including phenoxy) is 1. The molecular formula is C15H24O2. The molecule has 0 amide bonds. The standard InChI is InChI=1S/C15H24O2/c1-5-6-11(2)9-14(16)13-8-7-12(3)15(10-13)17-4/h7-8,10-11,14,16H,5-6,9H2,1-4H3. The Morgan fingerprint density at radius 1 is 1.35 bits per heavy atom. The first-order valence-electron chi connectivity index (χ1n) is 6.41. The lowest BCUT2D eigenvalue weighted by Gasteiger charge is -2.17. The third-order valence-corrected chi connectivity index (χ3v) is 3.22. The van der Waals surface area contributed by atoms with Gasteiger partial charge in [-0.15, -0.1) is 0 Å². The van der Waals surface area contributed by atoms with Crippen LogP contribution in [0.15, 0.2) is 18.2 Å². The molecule has 0 aliphatic rings. The Bertz CT molecular complexity index is 347. The van der Waals surface area contributed by atoms with Gasteiger partial charge in [0.15, 0.2) is 0 Å². The van der Waals surface area contributed by atoms with E-state index in [1.165, 1.54) is 12.8 Å². The summed E-state index contributed by atoms with van der Waals surface area (Å²) in [6.07, 6.45) is 2.77. The van der Waals surface area contributed by atoms with Crippen LogP contribution in [0.1, 0.15) is 50.3 Å². The molecule has 0 saturated heterocycles. The molecule has 0 bridgehead atoms. The summed E-state index contributed by atoms with van der Waals surface area (Å²) in [6.45, 7) is 6.38. The van der Waals surface area contributed by atoms with Gasteiger partial charge in [-0.1, -0.05) is 38.8 Å². The van der Waals surface area contributed by atoms with Crippen molar-refractivity contribution < 1.29 is 9.84 Å². The molecule has 2 unspecified atom stereocenters. The first-order valence-corrected chi connectivity index (χ1v) is 6.41. The van der Waals surface area contributed by atoms with E-state index >= 15 is 0 Å². The number of rotatable bonds is 6. The number of hydrogen-bond donors (Lipinski definition) is 1. The maximum Gasteiger partial charge on any atom is 0.122 e. The first-order chi connectivity index (χ1) is 8.08. The van der Waals surface area contributed by atoms with Crippen LogP contribution in [0.25, 0.3) is 0 Å². The van der Waals surface area contributed by atoms with Gasteiger partial charge in [0.1, 0.15) is 5.75 Å². The molecule has 0 saturated carbocycles. The Morgan fingerprint density at radius 3 is 2.65 bits per heavy atom. The van der Waals surface area contributed by atoms with Gasteiger partial charge in [0.05, 0.1) is 13.2 Å². The van der Waals surface area contributed by atoms with E-state index in [1.807, 2.05) is 25.1 Å². The predicted octanol–water partition coefficient (Wildman–Crippen LogP) is 3.86. The van der Waals surface area contributed by atoms with E-state index in [0.717, 1.165) is 23.3 Å². The molecule has 1 aromatic rings. The molecule has 0 aliphatic heterocycles. The van der Waals surface area contributed by atoms with Crippen molar-refractivity contribution in [1.29, 1.82) is 0 Å². The molecule has 2 heteroatoms. The number of aryl methyl sites for hydroxylation is 1. The van der Waals surface area contributed by atoms with Crippen molar-refractivity contribution >= 4 is 0 Å². The number of hydrogen-bond acceptors (Lipinski definition) is 2. The van der Waals surface area contributed by atoms with Crippen molar-refractivity contribution in [3.05, 3.63) is 29.3 Å². The minimum Gasteiger partial charge on any atom is -0.496 e. The van der Waals surface area contributed by atoms with E-state index < -0.39 is 0 Å². The summed E-state index contributed by atoms with van der Waals surface area (Å²) >= 11 is 0. The Kier molecular flexibility index (Phi) is 5.49.